The van der Waals surface area contributed by atoms with E-state index in [2.05, 4.69) is 34.1 Å². The first-order valence-electron chi connectivity index (χ1n) is 5.38. The van der Waals surface area contributed by atoms with E-state index >= 15 is 0 Å². The lowest BCUT2D eigenvalue weighted by Gasteiger charge is -2.06. The molecule has 0 heterocycles. The Balaban J connectivity index is 2.46. The number of halogens is 1. The minimum absolute atomic E-state index is 0.693. The van der Waals surface area contributed by atoms with Crippen molar-refractivity contribution in [1.29, 1.82) is 0 Å². The summed E-state index contributed by atoms with van der Waals surface area (Å²) in [4.78, 5) is 1.30. The molecule has 0 bridgehead atoms. The molecule has 1 aromatic carbocycles. The quantitative estimate of drug-likeness (QED) is 0.621. The summed E-state index contributed by atoms with van der Waals surface area (Å²) in [6, 6.07) is 6.48. The molecule has 90 valence electrons. The average molecular weight is 304 g/mol. The maximum absolute atomic E-state index is 5.54. The summed E-state index contributed by atoms with van der Waals surface area (Å²) in [5.41, 5.74) is 6.82. The maximum Gasteiger partial charge on any atom is 0.0470 e. The van der Waals surface area contributed by atoms with E-state index in [1.165, 1.54) is 10.5 Å². The molecule has 0 aliphatic carbocycles. The van der Waals surface area contributed by atoms with Crippen LogP contribution in [-0.4, -0.2) is 26.0 Å². The first-order chi connectivity index (χ1) is 7.77. The number of hydrogen-bond donors (Lipinski definition) is 1. The zero-order valence-electron chi connectivity index (χ0n) is 9.54. The van der Waals surface area contributed by atoms with Gasteiger partial charge in [-0.2, -0.15) is 0 Å². The Labute approximate surface area is 110 Å². The lowest BCUT2D eigenvalue weighted by atomic mass is 10.1. The Bertz CT molecular complexity index is 320. The van der Waals surface area contributed by atoms with E-state index < -0.39 is 0 Å². The van der Waals surface area contributed by atoms with Gasteiger partial charge >= 0.3 is 0 Å². The Morgan fingerprint density at radius 1 is 1.44 bits per heavy atom. The number of nitrogens with two attached hydrogens (primary N) is 1. The van der Waals surface area contributed by atoms with Gasteiger partial charge in [0.25, 0.3) is 0 Å². The molecule has 0 aliphatic rings. The normalized spacial score (nSPS) is 10.7. The third kappa shape index (κ3) is 4.87. The molecular formula is C12H18BrNOS. The number of thioether (sulfide) groups is 1. The van der Waals surface area contributed by atoms with Crippen molar-refractivity contribution < 1.29 is 4.74 Å². The fourth-order valence-corrected chi connectivity index (χ4v) is 2.96. The summed E-state index contributed by atoms with van der Waals surface area (Å²) >= 11 is 5.44. The van der Waals surface area contributed by atoms with Crippen LogP contribution < -0.4 is 5.73 Å². The van der Waals surface area contributed by atoms with Crippen LogP contribution in [0.1, 0.15) is 12.0 Å². The highest BCUT2D eigenvalue weighted by atomic mass is 79.9. The highest BCUT2D eigenvalue weighted by molar-refractivity contribution is 9.10. The van der Waals surface area contributed by atoms with Crippen LogP contribution in [0.15, 0.2) is 27.6 Å². The minimum atomic E-state index is 0.693. The molecule has 2 N–H and O–H groups in total. The highest BCUT2D eigenvalue weighted by Crippen LogP contribution is 2.25. The van der Waals surface area contributed by atoms with Crippen LogP contribution in [0.2, 0.25) is 0 Å². The molecule has 0 amide bonds. The van der Waals surface area contributed by atoms with Crippen molar-refractivity contribution in [2.75, 3.05) is 26.0 Å². The van der Waals surface area contributed by atoms with Gasteiger partial charge in [0.15, 0.2) is 0 Å². The van der Waals surface area contributed by atoms with Gasteiger partial charge in [-0.05, 0) is 37.1 Å². The summed E-state index contributed by atoms with van der Waals surface area (Å²) in [7, 11) is 1.74. The van der Waals surface area contributed by atoms with E-state index in [0.29, 0.717) is 6.54 Å². The van der Waals surface area contributed by atoms with Gasteiger partial charge in [0.1, 0.15) is 0 Å². The Morgan fingerprint density at radius 3 is 2.88 bits per heavy atom. The molecule has 0 radical (unpaired) electrons. The van der Waals surface area contributed by atoms with Crippen molar-refractivity contribution in [2.24, 2.45) is 5.73 Å². The van der Waals surface area contributed by atoms with E-state index in [9.17, 15) is 0 Å². The van der Waals surface area contributed by atoms with Crippen LogP contribution in [0, 0.1) is 0 Å². The molecule has 0 spiro atoms. The standard InChI is InChI=1S/C12H18BrNOS/c1-15-7-2-8-16-11-4-3-10(5-6-14)12(13)9-11/h3-4,9H,2,5-8,14H2,1H3. The fourth-order valence-electron chi connectivity index (χ4n) is 1.37. The van der Waals surface area contributed by atoms with Crippen LogP contribution in [0.25, 0.3) is 0 Å². The number of methoxy groups -OCH3 is 1. The Hall–Kier alpha value is -0.0300. The third-order valence-electron chi connectivity index (χ3n) is 2.20. The molecule has 0 atom stereocenters. The highest BCUT2D eigenvalue weighted by Gasteiger charge is 2.01. The molecule has 1 rings (SSSR count). The second-order valence-corrected chi connectivity index (χ2v) is 5.51. The second kappa shape index (κ2) is 8.12. The van der Waals surface area contributed by atoms with Crippen LogP contribution in [-0.2, 0) is 11.2 Å². The number of ether oxygens (including phenoxy) is 1. The van der Waals surface area contributed by atoms with Gasteiger partial charge in [-0.25, -0.2) is 0 Å². The van der Waals surface area contributed by atoms with Crippen LogP contribution in [0.4, 0.5) is 0 Å². The summed E-state index contributed by atoms with van der Waals surface area (Å²) in [6.07, 6.45) is 2.01. The van der Waals surface area contributed by atoms with Gasteiger partial charge in [0.05, 0.1) is 0 Å². The molecule has 0 fully saturated rings. The molecule has 16 heavy (non-hydrogen) atoms. The van der Waals surface area contributed by atoms with Crippen molar-refractivity contribution in [3.8, 4) is 0 Å². The molecular weight excluding hydrogens is 286 g/mol. The second-order valence-electron chi connectivity index (χ2n) is 3.49. The SMILES string of the molecule is COCCCSc1ccc(CCN)c(Br)c1. The number of hydrogen-bond acceptors (Lipinski definition) is 3. The van der Waals surface area contributed by atoms with Crippen molar-refractivity contribution >= 4 is 27.7 Å². The van der Waals surface area contributed by atoms with Crippen LogP contribution in [0.5, 0.6) is 0 Å². The lowest BCUT2D eigenvalue weighted by molar-refractivity contribution is 0.200. The minimum Gasteiger partial charge on any atom is -0.385 e. The fraction of sp³-hybridized carbons (Fsp3) is 0.500. The van der Waals surface area contributed by atoms with Gasteiger partial charge in [0.2, 0.25) is 0 Å². The first-order valence-corrected chi connectivity index (χ1v) is 7.16. The molecule has 0 saturated heterocycles. The van der Waals surface area contributed by atoms with Gasteiger partial charge in [0, 0.05) is 28.8 Å². The topological polar surface area (TPSA) is 35.2 Å². The molecule has 0 unspecified atom stereocenters. The van der Waals surface area contributed by atoms with Gasteiger partial charge in [-0.3, -0.25) is 0 Å². The summed E-state index contributed by atoms with van der Waals surface area (Å²) in [5, 5.41) is 0. The van der Waals surface area contributed by atoms with E-state index in [4.69, 9.17) is 10.5 Å². The largest absolute Gasteiger partial charge is 0.385 e. The number of benzene rings is 1. The van der Waals surface area contributed by atoms with Gasteiger partial charge in [-0.1, -0.05) is 22.0 Å². The Kier molecular flexibility index (Phi) is 7.12. The average Bonchev–Trinajstić information content (AvgIpc) is 2.28. The maximum atomic E-state index is 5.54. The Morgan fingerprint density at radius 2 is 2.25 bits per heavy atom. The zero-order chi connectivity index (χ0) is 11.8. The predicted molar refractivity (Wildman–Crippen MR) is 74.1 cm³/mol. The van der Waals surface area contributed by atoms with E-state index in [-0.39, 0.29) is 0 Å². The molecule has 0 aromatic heterocycles. The third-order valence-corrected chi connectivity index (χ3v) is 4.02. The lowest BCUT2D eigenvalue weighted by Crippen LogP contribution is -2.03. The van der Waals surface area contributed by atoms with Crippen molar-refractivity contribution in [3.05, 3.63) is 28.2 Å². The van der Waals surface area contributed by atoms with Gasteiger partial charge < -0.3 is 10.5 Å². The summed E-state index contributed by atoms with van der Waals surface area (Å²) in [5.74, 6) is 1.09. The first kappa shape index (κ1) is 14.0. The van der Waals surface area contributed by atoms with Gasteiger partial charge in [-0.15, -0.1) is 11.8 Å². The predicted octanol–water partition coefficient (Wildman–Crippen LogP) is 3.08. The van der Waals surface area contributed by atoms with E-state index in [1.54, 1.807) is 7.11 Å². The van der Waals surface area contributed by atoms with Crippen molar-refractivity contribution in [3.63, 3.8) is 0 Å². The van der Waals surface area contributed by atoms with Crippen LogP contribution >= 0.6 is 27.7 Å². The molecule has 0 saturated carbocycles. The van der Waals surface area contributed by atoms with E-state index in [0.717, 1.165) is 29.7 Å². The van der Waals surface area contributed by atoms with E-state index in [1.807, 2.05) is 11.8 Å². The smallest absolute Gasteiger partial charge is 0.0470 e. The zero-order valence-corrected chi connectivity index (χ0v) is 11.9. The molecule has 1 aromatic rings. The summed E-state index contributed by atoms with van der Waals surface area (Å²) < 4.78 is 6.18. The van der Waals surface area contributed by atoms with Crippen LogP contribution in [0.3, 0.4) is 0 Å². The molecule has 4 heteroatoms. The number of rotatable bonds is 7. The summed E-state index contributed by atoms with van der Waals surface area (Å²) in [6.45, 7) is 1.53. The van der Waals surface area contributed by atoms with Crippen molar-refractivity contribution in [1.82, 2.24) is 0 Å². The molecule has 2 nitrogen and oxygen atoms in total. The molecule has 0 aliphatic heterocycles. The van der Waals surface area contributed by atoms with Crippen molar-refractivity contribution in [2.45, 2.75) is 17.7 Å². The monoisotopic (exact) mass is 303 g/mol.